The van der Waals surface area contributed by atoms with Crippen molar-refractivity contribution in [3.05, 3.63) is 59.8 Å². The van der Waals surface area contributed by atoms with Crippen molar-refractivity contribution in [3.8, 4) is 11.5 Å². The van der Waals surface area contributed by atoms with Crippen molar-refractivity contribution >= 4 is 17.2 Å². The van der Waals surface area contributed by atoms with Gasteiger partial charge in [-0.1, -0.05) is 18.2 Å². The first-order chi connectivity index (χ1) is 12.2. The minimum absolute atomic E-state index is 0.693. The van der Waals surface area contributed by atoms with Gasteiger partial charge in [-0.05, 0) is 49.6 Å². The first-order valence-corrected chi connectivity index (χ1v) is 8.53. The summed E-state index contributed by atoms with van der Waals surface area (Å²) >= 11 is 0. The predicted octanol–water partition coefficient (Wildman–Crippen LogP) is 4.63. The molecule has 0 fully saturated rings. The number of aryl methyl sites for hydroxylation is 2. The van der Waals surface area contributed by atoms with Crippen LogP contribution in [0.5, 0.6) is 11.5 Å². The second kappa shape index (κ2) is 7.88. The number of methoxy groups -OCH3 is 1. The number of carbonyl (C=O) groups excluding carboxylic acids is 1. The van der Waals surface area contributed by atoms with E-state index in [1.807, 2.05) is 42.6 Å². The number of fused-ring (bicyclic) bond motifs is 1. The highest BCUT2D eigenvalue weighted by atomic mass is 16.5. The monoisotopic (exact) mass is 337 g/mol. The minimum Gasteiger partial charge on any atom is -0.497 e. The summed E-state index contributed by atoms with van der Waals surface area (Å²) in [6.45, 7) is 3.60. The highest BCUT2D eigenvalue weighted by Crippen LogP contribution is 2.25. The maximum absolute atomic E-state index is 11.3. The lowest BCUT2D eigenvalue weighted by molar-refractivity contribution is 0.112. The molecule has 4 heteroatoms. The number of hydrogen-bond acceptors (Lipinski definition) is 3. The number of unbranched alkanes of at least 4 members (excludes halogenated alkanes) is 1. The summed E-state index contributed by atoms with van der Waals surface area (Å²) in [4.78, 5) is 11.3. The first-order valence-electron chi connectivity index (χ1n) is 8.53. The van der Waals surface area contributed by atoms with E-state index in [4.69, 9.17) is 9.47 Å². The van der Waals surface area contributed by atoms with Gasteiger partial charge in [-0.3, -0.25) is 4.79 Å². The molecule has 0 saturated heterocycles. The Hall–Kier alpha value is -2.75. The molecule has 0 amide bonds. The predicted molar refractivity (Wildman–Crippen MR) is 99.8 cm³/mol. The fraction of sp³-hybridized carbons (Fsp3) is 0.286. The normalized spacial score (nSPS) is 10.8. The van der Waals surface area contributed by atoms with Gasteiger partial charge >= 0.3 is 0 Å². The van der Waals surface area contributed by atoms with Gasteiger partial charge in [0, 0.05) is 29.2 Å². The number of nitrogens with zero attached hydrogens (tertiary/aromatic N) is 1. The van der Waals surface area contributed by atoms with Gasteiger partial charge in [-0.2, -0.15) is 0 Å². The van der Waals surface area contributed by atoms with Crippen molar-refractivity contribution in [3.63, 3.8) is 0 Å². The molecular formula is C21H23NO3. The Kier molecular flexibility index (Phi) is 5.39. The van der Waals surface area contributed by atoms with Crippen LogP contribution in [0.15, 0.2) is 48.7 Å². The molecule has 130 valence electrons. The molecule has 0 atom stereocenters. The highest BCUT2D eigenvalue weighted by molar-refractivity contribution is 5.98. The largest absolute Gasteiger partial charge is 0.497 e. The number of aromatic nitrogens is 1. The van der Waals surface area contributed by atoms with E-state index in [-0.39, 0.29) is 0 Å². The average molecular weight is 337 g/mol. The lowest BCUT2D eigenvalue weighted by Gasteiger charge is -2.09. The number of para-hydroxylation sites is 1. The molecule has 1 aromatic heterocycles. The Morgan fingerprint density at radius 1 is 1.12 bits per heavy atom. The van der Waals surface area contributed by atoms with E-state index in [0.29, 0.717) is 12.2 Å². The Morgan fingerprint density at radius 2 is 1.96 bits per heavy atom. The molecule has 4 nitrogen and oxygen atoms in total. The van der Waals surface area contributed by atoms with Crippen molar-refractivity contribution in [2.24, 2.45) is 0 Å². The van der Waals surface area contributed by atoms with Gasteiger partial charge < -0.3 is 14.0 Å². The topological polar surface area (TPSA) is 40.5 Å². The van der Waals surface area contributed by atoms with Crippen LogP contribution in [0.3, 0.4) is 0 Å². The quantitative estimate of drug-likeness (QED) is 0.444. The Balaban J connectivity index is 1.60. The molecule has 2 aromatic carbocycles. The van der Waals surface area contributed by atoms with Gasteiger partial charge in [0.15, 0.2) is 6.29 Å². The standard InChI is InChI=1S/C21H23NO3/c1-16-7-3-4-8-21(16)25-12-6-5-11-22-14-17(15-23)19-13-18(24-2)9-10-20(19)22/h3-4,7-10,13-15H,5-6,11-12H2,1-2H3. The summed E-state index contributed by atoms with van der Waals surface area (Å²) in [7, 11) is 1.63. The molecule has 0 aliphatic heterocycles. The SMILES string of the molecule is COc1ccc2c(c1)c(C=O)cn2CCCCOc1ccccc1C. The summed E-state index contributed by atoms with van der Waals surface area (Å²) in [5.41, 5.74) is 2.91. The lowest BCUT2D eigenvalue weighted by Crippen LogP contribution is -2.02. The second-order valence-electron chi connectivity index (χ2n) is 6.10. The Labute approximate surface area is 148 Å². The van der Waals surface area contributed by atoms with E-state index in [1.165, 1.54) is 0 Å². The van der Waals surface area contributed by atoms with E-state index in [1.54, 1.807) is 7.11 Å². The van der Waals surface area contributed by atoms with Crippen molar-refractivity contribution in [1.29, 1.82) is 0 Å². The molecular weight excluding hydrogens is 314 g/mol. The zero-order chi connectivity index (χ0) is 17.6. The van der Waals surface area contributed by atoms with E-state index in [9.17, 15) is 4.79 Å². The zero-order valence-electron chi connectivity index (χ0n) is 14.7. The number of hydrogen-bond donors (Lipinski definition) is 0. The van der Waals surface area contributed by atoms with Crippen molar-refractivity contribution < 1.29 is 14.3 Å². The maximum Gasteiger partial charge on any atom is 0.152 e. The summed E-state index contributed by atoms with van der Waals surface area (Å²) in [5, 5.41) is 0.936. The molecule has 3 aromatic rings. The summed E-state index contributed by atoms with van der Waals surface area (Å²) < 4.78 is 13.2. The van der Waals surface area contributed by atoms with Crippen LogP contribution >= 0.6 is 0 Å². The molecule has 0 N–H and O–H groups in total. The highest BCUT2D eigenvalue weighted by Gasteiger charge is 2.09. The maximum atomic E-state index is 11.3. The molecule has 0 saturated carbocycles. The van der Waals surface area contributed by atoms with Crippen LogP contribution in [0.2, 0.25) is 0 Å². The molecule has 0 spiro atoms. The zero-order valence-corrected chi connectivity index (χ0v) is 14.7. The van der Waals surface area contributed by atoms with Crippen LogP contribution in [0.25, 0.3) is 10.9 Å². The van der Waals surface area contributed by atoms with Gasteiger partial charge in [0.25, 0.3) is 0 Å². The third-order valence-corrected chi connectivity index (χ3v) is 4.39. The minimum atomic E-state index is 0.693. The number of aldehydes is 1. The number of benzene rings is 2. The molecule has 0 aliphatic rings. The lowest BCUT2D eigenvalue weighted by atomic mass is 10.2. The molecule has 25 heavy (non-hydrogen) atoms. The van der Waals surface area contributed by atoms with Gasteiger partial charge in [0.05, 0.1) is 13.7 Å². The van der Waals surface area contributed by atoms with Crippen molar-refractivity contribution in [2.75, 3.05) is 13.7 Å². The third-order valence-electron chi connectivity index (χ3n) is 4.39. The van der Waals surface area contributed by atoms with Crippen LogP contribution in [0.4, 0.5) is 0 Å². The van der Waals surface area contributed by atoms with Gasteiger partial charge in [-0.25, -0.2) is 0 Å². The van der Waals surface area contributed by atoms with Crippen LogP contribution in [-0.4, -0.2) is 24.6 Å². The fourth-order valence-corrected chi connectivity index (χ4v) is 2.99. The van der Waals surface area contributed by atoms with Crippen LogP contribution in [0.1, 0.15) is 28.8 Å². The number of carbonyl (C=O) groups is 1. The first kappa shape index (κ1) is 17.1. The van der Waals surface area contributed by atoms with E-state index >= 15 is 0 Å². The molecule has 0 aliphatic carbocycles. The van der Waals surface area contributed by atoms with Gasteiger partial charge in [0.2, 0.25) is 0 Å². The van der Waals surface area contributed by atoms with E-state index in [0.717, 1.165) is 53.6 Å². The molecule has 0 radical (unpaired) electrons. The summed E-state index contributed by atoms with van der Waals surface area (Å²) in [5.74, 6) is 1.71. The van der Waals surface area contributed by atoms with Crippen molar-refractivity contribution in [1.82, 2.24) is 4.57 Å². The van der Waals surface area contributed by atoms with Gasteiger partial charge in [-0.15, -0.1) is 0 Å². The van der Waals surface area contributed by atoms with E-state index in [2.05, 4.69) is 17.6 Å². The van der Waals surface area contributed by atoms with Crippen LogP contribution < -0.4 is 9.47 Å². The summed E-state index contributed by atoms with van der Waals surface area (Å²) in [6.07, 6.45) is 4.76. The molecule has 3 rings (SSSR count). The van der Waals surface area contributed by atoms with Crippen LogP contribution in [0, 0.1) is 6.92 Å². The molecule has 0 bridgehead atoms. The van der Waals surface area contributed by atoms with E-state index < -0.39 is 0 Å². The van der Waals surface area contributed by atoms with Crippen molar-refractivity contribution in [2.45, 2.75) is 26.3 Å². The molecule has 1 heterocycles. The molecule has 0 unspecified atom stereocenters. The Bertz CT molecular complexity index is 867. The fourth-order valence-electron chi connectivity index (χ4n) is 2.99. The summed E-state index contributed by atoms with van der Waals surface area (Å²) in [6, 6.07) is 13.9. The average Bonchev–Trinajstić information content (AvgIpc) is 3.00. The van der Waals surface area contributed by atoms with Crippen LogP contribution in [-0.2, 0) is 6.54 Å². The number of rotatable bonds is 8. The van der Waals surface area contributed by atoms with Gasteiger partial charge in [0.1, 0.15) is 11.5 Å². The number of ether oxygens (including phenoxy) is 2. The smallest absolute Gasteiger partial charge is 0.152 e. The third kappa shape index (κ3) is 3.85. The second-order valence-corrected chi connectivity index (χ2v) is 6.10. The Morgan fingerprint density at radius 3 is 2.72 bits per heavy atom.